The predicted octanol–water partition coefficient (Wildman–Crippen LogP) is 6.12. The van der Waals surface area contributed by atoms with Crippen LogP contribution in [-0.2, 0) is 9.59 Å². The van der Waals surface area contributed by atoms with Crippen LogP contribution < -0.4 is 5.32 Å². The number of carbonyl (C=O) groups is 2. The quantitative estimate of drug-likeness (QED) is 0.506. The molecule has 168 valence electrons. The van der Waals surface area contributed by atoms with Crippen molar-refractivity contribution in [1.82, 2.24) is 5.32 Å². The van der Waals surface area contributed by atoms with Crippen LogP contribution in [0, 0.1) is 38.4 Å². The van der Waals surface area contributed by atoms with Crippen molar-refractivity contribution in [3.63, 3.8) is 0 Å². The summed E-state index contributed by atoms with van der Waals surface area (Å²) < 4.78 is 15.2. The Morgan fingerprint density at radius 2 is 1.61 bits per heavy atom. The van der Waals surface area contributed by atoms with Gasteiger partial charge in [-0.2, -0.15) is 0 Å². The summed E-state index contributed by atoms with van der Waals surface area (Å²) in [7, 11) is 0. The van der Waals surface area contributed by atoms with Gasteiger partial charge in [-0.25, -0.2) is 4.39 Å². The second-order valence-electron chi connectivity index (χ2n) is 8.99. The van der Waals surface area contributed by atoms with E-state index >= 15 is 4.39 Å². The van der Waals surface area contributed by atoms with Crippen LogP contribution in [0.15, 0.2) is 30.3 Å². The fourth-order valence-electron chi connectivity index (χ4n) is 3.91. The van der Waals surface area contributed by atoms with Gasteiger partial charge in [0.05, 0.1) is 12.5 Å². The van der Waals surface area contributed by atoms with E-state index in [4.69, 9.17) is 0 Å². The van der Waals surface area contributed by atoms with Crippen LogP contribution in [0.25, 0.3) is 11.1 Å². The van der Waals surface area contributed by atoms with Gasteiger partial charge < -0.3 is 10.4 Å². The predicted molar refractivity (Wildman–Crippen MR) is 122 cm³/mol. The van der Waals surface area contributed by atoms with Gasteiger partial charge in [0.1, 0.15) is 5.82 Å². The Labute approximate surface area is 184 Å². The molecule has 1 amide bonds. The average Bonchev–Trinajstić information content (AvgIpc) is 2.67. The maximum atomic E-state index is 15.2. The van der Waals surface area contributed by atoms with Gasteiger partial charge in [0, 0.05) is 11.5 Å². The lowest BCUT2D eigenvalue weighted by Crippen LogP contribution is -2.34. The van der Waals surface area contributed by atoms with Crippen molar-refractivity contribution < 1.29 is 19.1 Å². The number of carbonyl (C=O) groups excluding carboxylic acids is 1. The molecule has 0 aliphatic rings. The van der Waals surface area contributed by atoms with Crippen LogP contribution in [0.2, 0.25) is 0 Å². The van der Waals surface area contributed by atoms with Crippen molar-refractivity contribution in [1.29, 1.82) is 0 Å². The topological polar surface area (TPSA) is 66.4 Å². The Bertz CT molecular complexity index is 932. The standard InChI is InChI=1S/C26H34FNO3/c1-15(2)10-11-18(5)26(31)28-22(14-23(29)30)21-13-20(12-19(6)25(21)27)24-16(3)8-7-9-17(24)4/h7-9,12-13,15,18,22H,10-11,14H2,1-6H3,(H,28,31)(H,29,30)/t18?,22-/m0/s1. The third kappa shape index (κ3) is 6.39. The molecule has 2 rings (SSSR count). The summed E-state index contributed by atoms with van der Waals surface area (Å²) in [5, 5.41) is 12.2. The minimum Gasteiger partial charge on any atom is -0.481 e. The minimum absolute atomic E-state index is 0.212. The second kappa shape index (κ2) is 10.6. The van der Waals surface area contributed by atoms with Crippen LogP contribution in [0.1, 0.15) is 68.3 Å². The molecule has 2 N–H and O–H groups in total. The lowest BCUT2D eigenvalue weighted by molar-refractivity contribution is -0.138. The molecule has 0 fully saturated rings. The number of rotatable bonds is 9. The first-order valence-electron chi connectivity index (χ1n) is 10.9. The number of aliphatic carboxylic acids is 1. The molecule has 0 bridgehead atoms. The van der Waals surface area contributed by atoms with Crippen LogP contribution in [0.3, 0.4) is 0 Å². The van der Waals surface area contributed by atoms with Crippen LogP contribution >= 0.6 is 0 Å². The molecule has 0 saturated carbocycles. The fourth-order valence-corrected chi connectivity index (χ4v) is 3.91. The maximum Gasteiger partial charge on any atom is 0.305 e. The molecule has 2 atom stereocenters. The monoisotopic (exact) mass is 427 g/mol. The van der Waals surface area contributed by atoms with Crippen molar-refractivity contribution in [2.75, 3.05) is 0 Å². The molecule has 4 nitrogen and oxygen atoms in total. The van der Waals surface area contributed by atoms with Crippen LogP contribution in [0.4, 0.5) is 4.39 Å². The molecule has 0 spiro atoms. The summed E-state index contributed by atoms with van der Waals surface area (Å²) in [6.45, 7) is 11.7. The van der Waals surface area contributed by atoms with Crippen molar-refractivity contribution in [2.45, 2.75) is 66.8 Å². The summed E-state index contributed by atoms with van der Waals surface area (Å²) in [6.07, 6.45) is 1.22. The Morgan fingerprint density at radius 3 is 2.16 bits per heavy atom. The summed E-state index contributed by atoms with van der Waals surface area (Å²) in [5.41, 5.74) is 4.56. The third-order valence-electron chi connectivity index (χ3n) is 5.75. The highest BCUT2D eigenvalue weighted by Crippen LogP contribution is 2.33. The first-order valence-corrected chi connectivity index (χ1v) is 10.9. The third-order valence-corrected chi connectivity index (χ3v) is 5.75. The number of nitrogens with one attached hydrogen (secondary N) is 1. The Morgan fingerprint density at radius 1 is 1.00 bits per heavy atom. The molecule has 0 aliphatic carbocycles. The van der Waals surface area contributed by atoms with Crippen LogP contribution in [0.5, 0.6) is 0 Å². The van der Waals surface area contributed by atoms with Gasteiger partial charge >= 0.3 is 5.97 Å². The lowest BCUT2D eigenvalue weighted by Gasteiger charge is -2.23. The smallest absolute Gasteiger partial charge is 0.305 e. The zero-order valence-corrected chi connectivity index (χ0v) is 19.4. The molecular formula is C26H34FNO3. The Kier molecular flexibility index (Phi) is 8.37. The number of hydrogen-bond acceptors (Lipinski definition) is 2. The van der Waals surface area contributed by atoms with E-state index in [1.54, 1.807) is 19.1 Å². The summed E-state index contributed by atoms with van der Waals surface area (Å²) in [4.78, 5) is 24.3. The first-order chi connectivity index (χ1) is 14.5. The Hall–Kier alpha value is -2.69. The molecule has 1 unspecified atom stereocenters. The SMILES string of the molecule is Cc1cc(-c2c(C)cccc2C)cc([C@H](CC(=O)O)NC(=O)C(C)CCC(C)C)c1F. The minimum atomic E-state index is -1.09. The van der Waals surface area contributed by atoms with Crippen molar-refractivity contribution >= 4 is 11.9 Å². The average molecular weight is 428 g/mol. The molecule has 2 aromatic rings. The molecule has 0 aromatic heterocycles. The van der Waals surface area contributed by atoms with Crippen molar-refractivity contribution in [2.24, 2.45) is 11.8 Å². The molecular weight excluding hydrogens is 393 g/mol. The highest BCUT2D eigenvalue weighted by atomic mass is 19.1. The van der Waals surface area contributed by atoms with Gasteiger partial charge in [0.15, 0.2) is 0 Å². The zero-order valence-electron chi connectivity index (χ0n) is 19.4. The maximum absolute atomic E-state index is 15.2. The Balaban J connectivity index is 2.45. The number of carboxylic acids is 1. The molecule has 31 heavy (non-hydrogen) atoms. The summed E-state index contributed by atoms with van der Waals surface area (Å²) in [5.74, 6) is -1.61. The van der Waals surface area contributed by atoms with Gasteiger partial charge in [0.25, 0.3) is 0 Å². The van der Waals surface area contributed by atoms with Gasteiger partial charge in [-0.05, 0) is 73.1 Å². The summed E-state index contributed by atoms with van der Waals surface area (Å²) >= 11 is 0. The molecule has 0 saturated heterocycles. The van der Waals surface area contributed by atoms with Crippen molar-refractivity contribution in [3.8, 4) is 11.1 Å². The van der Waals surface area contributed by atoms with E-state index in [1.165, 1.54) is 0 Å². The molecule has 5 heteroatoms. The lowest BCUT2D eigenvalue weighted by atomic mass is 9.90. The van der Waals surface area contributed by atoms with E-state index in [0.717, 1.165) is 28.7 Å². The molecule has 0 radical (unpaired) electrons. The number of aryl methyl sites for hydroxylation is 3. The number of benzene rings is 2. The number of hydrogen-bond donors (Lipinski definition) is 2. The van der Waals surface area contributed by atoms with E-state index in [0.29, 0.717) is 17.9 Å². The summed E-state index contributed by atoms with van der Waals surface area (Å²) in [6, 6.07) is 8.48. The molecule has 2 aromatic carbocycles. The fraction of sp³-hybridized carbons (Fsp3) is 0.462. The number of carboxylic acid groups (broad SMARTS) is 1. The van der Waals surface area contributed by atoms with E-state index in [-0.39, 0.29) is 23.8 Å². The van der Waals surface area contributed by atoms with E-state index in [1.807, 2.05) is 39.0 Å². The number of amides is 1. The molecule has 0 aliphatic heterocycles. The van der Waals surface area contributed by atoms with E-state index < -0.39 is 17.8 Å². The largest absolute Gasteiger partial charge is 0.481 e. The molecule has 0 heterocycles. The first kappa shape index (κ1) is 24.6. The van der Waals surface area contributed by atoms with Gasteiger partial charge in [0.2, 0.25) is 5.91 Å². The highest BCUT2D eigenvalue weighted by Gasteiger charge is 2.25. The highest BCUT2D eigenvalue weighted by molar-refractivity contribution is 5.80. The second-order valence-corrected chi connectivity index (χ2v) is 8.99. The van der Waals surface area contributed by atoms with Crippen molar-refractivity contribution in [3.05, 3.63) is 58.4 Å². The number of halogens is 1. The van der Waals surface area contributed by atoms with E-state index in [9.17, 15) is 14.7 Å². The van der Waals surface area contributed by atoms with Gasteiger partial charge in [-0.15, -0.1) is 0 Å². The van der Waals surface area contributed by atoms with E-state index in [2.05, 4.69) is 19.2 Å². The zero-order chi connectivity index (χ0) is 23.3. The van der Waals surface area contributed by atoms with Gasteiger partial charge in [-0.1, -0.05) is 45.4 Å². The van der Waals surface area contributed by atoms with Gasteiger partial charge in [-0.3, -0.25) is 9.59 Å². The van der Waals surface area contributed by atoms with Crippen LogP contribution in [-0.4, -0.2) is 17.0 Å². The normalized spacial score (nSPS) is 13.2.